The molecule has 98 valence electrons. The lowest BCUT2D eigenvalue weighted by Crippen LogP contribution is -2.48. The molecule has 1 saturated heterocycles. The predicted molar refractivity (Wildman–Crippen MR) is 65.5 cm³/mol. The van der Waals surface area contributed by atoms with Crippen LogP contribution in [0.25, 0.3) is 0 Å². The number of benzene rings is 1. The van der Waals surface area contributed by atoms with Crippen LogP contribution in [0.2, 0.25) is 0 Å². The molecule has 18 heavy (non-hydrogen) atoms. The number of hydrogen-bond donors (Lipinski definition) is 1. The normalized spacial score (nSPS) is 19.2. The SMILES string of the molecule is Cc1ccc(S(=O)(=O)OCCC2CC(=O)N2)cc1. The van der Waals surface area contributed by atoms with E-state index in [2.05, 4.69) is 5.32 Å². The van der Waals surface area contributed by atoms with Gasteiger partial charge in [-0.3, -0.25) is 8.98 Å². The minimum absolute atomic E-state index is 0.00129. The summed E-state index contributed by atoms with van der Waals surface area (Å²) in [5.74, 6) is 0.00129. The van der Waals surface area contributed by atoms with Crippen molar-refractivity contribution >= 4 is 16.0 Å². The number of hydrogen-bond acceptors (Lipinski definition) is 4. The number of β-lactam (4-membered cyclic amide) rings is 1. The quantitative estimate of drug-likeness (QED) is 0.639. The molecule has 1 heterocycles. The number of nitrogens with one attached hydrogen (secondary N) is 1. The maximum absolute atomic E-state index is 11.8. The molecule has 2 rings (SSSR count). The summed E-state index contributed by atoms with van der Waals surface area (Å²) < 4.78 is 28.5. The molecule has 1 fully saturated rings. The van der Waals surface area contributed by atoms with Gasteiger partial charge in [0.1, 0.15) is 0 Å². The smallest absolute Gasteiger partial charge is 0.296 e. The maximum atomic E-state index is 11.8. The van der Waals surface area contributed by atoms with Crippen LogP contribution in [0.5, 0.6) is 0 Å². The van der Waals surface area contributed by atoms with Crippen molar-refractivity contribution in [3.05, 3.63) is 29.8 Å². The molecule has 0 saturated carbocycles. The van der Waals surface area contributed by atoms with Gasteiger partial charge in [-0.25, -0.2) is 0 Å². The molecular weight excluding hydrogens is 254 g/mol. The van der Waals surface area contributed by atoms with Crippen molar-refractivity contribution in [1.82, 2.24) is 5.32 Å². The van der Waals surface area contributed by atoms with Gasteiger partial charge in [-0.2, -0.15) is 8.42 Å². The Morgan fingerprint density at radius 2 is 1.94 bits per heavy atom. The van der Waals surface area contributed by atoms with Crippen LogP contribution in [0, 0.1) is 6.92 Å². The predicted octanol–water partition coefficient (Wildman–Crippen LogP) is 0.979. The lowest BCUT2D eigenvalue weighted by atomic mass is 10.0. The summed E-state index contributed by atoms with van der Waals surface area (Å²) in [7, 11) is -3.68. The number of amides is 1. The lowest BCUT2D eigenvalue weighted by Gasteiger charge is -2.26. The standard InChI is InChI=1S/C12H15NO4S/c1-9-2-4-11(5-3-9)18(15,16)17-7-6-10-8-12(14)13-10/h2-5,10H,6-8H2,1H3,(H,13,14). The number of carbonyl (C=O) groups is 1. The van der Waals surface area contributed by atoms with E-state index in [0.717, 1.165) is 5.56 Å². The summed E-state index contributed by atoms with van der Waals surface area (Å²) in [6.07, 6.45) is 0.963. The molecule has 1 amide bonds. The van der Waals surface area contributed by atoms with E-state index in [1.54, 1.807) is 12.1 Å². The van der Waals surface area contributed by atoms with Gasteiger partial charge in [-0.05, 0) is 25.5 Å². The Kier molecular flexibility index (Phi) is 3.68. The van der Waals surface area contributed by atoms with E-state index in [4.69, 9.17) is 4.18 Å². The van der Waals surface area contributed by atoms with Crippen molar-refractivity contribution in [1.29, 1.82) is 0 Å². The zero-order valence-electron chi connectivity index (χ0n) is 10.0. The van der Waals surface area contributed by atoms with Crippen molar-refractivity contribution < 1.29 is 17.4 Å². The first-order valence-electron chi connectivity index (χ1n) is 5.73. The summed E-state index contributed by atoms with van der Waals surface area (Å²) >= 11 is 0. The molecule has 0 radical (unpaired) electrons. The van der Waals surface area contributed by atoms with Crippen LogP contribution in [-0.2, 0) is 19.1 Å². The van der Waals surface area contributed by atoms with Gasteiger partial charge < -0.3 is 5.32 Å². The molecular formula is C12H15NO4S. The van der Waals surface area contributed by atoms with Crippen LogP contribution >= 0.6 is 0 Å². The lowest BCUT2D eigenvalue weighted by molar-refractivity contribution is -0.128. The third-order valence-corrected chi connectivity index (χ3v) is 4.14. The molecule has 0 bridgehead atoms. The van der Waals surface area contributed by atoms with E-state index in [-0.39, 0.29) is 23.5 Å². The highest BCUT2D eigenvalue weighted by molar-refractivity contribution is 7.86. The Hall–Kier alpha value is -1.40. The highest BCUT2D eigenvalue weighted by Crippen LogP contribution is 2.15. The van der Waals surface area contributed by atoms with E-state index in [1.165, 1.54) is 12.1 Å². The van der Waals surface area contributed by atoms with Gasteiger partial charge in [0, 0.05) is 12.5 Å². The average molecular weight is 269 g/mol. The van der Waals surface area contributed by atoms with E-state index in [0.29, 0.717) is 12.8 Å². The van der Waals surface area contributed by atoms with Crippen LogP contribution in [0.1, 0.15) is 18.4 Å². The number of carbonyl (C=O) groups excluding carboxylic acids is 1. The molecule has 0 aromatic heterocycles. The average Bonchev–Trinajstić information content (AvgIpc) is 2.27. The Morgan fingerprint density at radius 1 is 1.33 bits per heavy atom. The van der Waals surface area contributed by atoms with Crippen LogP contribution in [0.4, 0.5) is 0 Å². The first-order valence-corrected chi connectivity index (χ1v) is 7.14. The molecule has 1 aromatic rings. The van der Waals surface area contributed by atoms with Gasteiger partial charge >= 0.3 is 0 Å². The fraction of sp³-hybridized carbons (Fsp3) is 0.417. The van der Waals surface area contributed by atoms with Crippen molar-refractivity contribution in [2.24, 2.45) is 0 Å². The van der Waals surface area contributed by atoms with E-state index in [1.807, 2.05) is 6.92 Å². The highest BCUT2D eigenvalue weighted by Gasteiger charge is 2.25. The van der Waals surface area contributed by atoms with Crippen molar-refractivity contribution in [2.45, 2.75) is 30.7 Å². The molecule has 6 heteroatoms. The molecule has 1 aliphatic heterocycles. The highest BCUT2D eigenvalue weighted by atomic mass is 32.2. The molecule has 5 nitrogen and oxygen atoms in total. The Bertz CT molecular complexity index is 528. The molecule has 1 unspecified atom stereocenters. The van der Waals surface area contributed by atoms with E-state index >= 15 is 0 Å². The molecule has 0 aliphatic carbocycles. The monoisotopic (exact) mass is 269 g/mol. The van der Waals surface area contributed by atoms with Crippen LogP contribution < -0.4 is 5.32 Å². The van der Waals surface area contributed by atoms with Gasteiger partial charge in [-0.1, -0.05) is 17.7 Å². The van der Waals surface area contributed by atoms with E-state index < -0.39 is 10.1 Å². The first kappa shape index (κ1) is 13.0. The molecule has 0 spiro atoms. The van der Waals surface area contributed by atoms with Gasteiger partial charge in [0.05, 0.1) is 11.5 Å². The fourth-order valence-electron chi connectivity index (χ4n) is 1.68. The topological polar surface area (TPSA) is 72.5 Å². The third kappa shape index (κ3) is 3.08. The first-order chi connectivity index (χ1) is 8.47. The minimum atomic E-state index is -3.68. The van der Waals surface area contributed by atoms with Crippen LogP contribution in [-0.4, -0.2) is 27.0 Å². The minimum Gasteiger partial charge on any atom is -0.353 e. The molecule has 1 aliphatic rings. The Labute approximate surface area is 106 Å². The molecule has 1 N–H and O–H groups in total. The Morgan fingerprint density at radius 3 is 2.50 bits per heavy atom. The van der Waals surface area contributed by atoms with Gasteiger partial charge in [0.2, 0.25) is 5.91 Å². The van der Waals surface area contributed by atoms with Crippen LogP contribution in [0.3, 0.4) is 0 Å². The summed E-state index contributed by atoms with van der Waals surface area (Å²) in [5.41, 5.74) is 0.992. The van der Waals surface area contributed by atoms with Gasteiger partial charge in [0.15, 0.2) is 0 Å². The van der Waals surface area contributed by atoms with Gasteiger partial charge in [-0.15, -0.1) is 0 Å². The largest absolute Gasteiger partial charge is 0.353 e. The summed E-state index contributed by atoms with van der Waals surface area (Å²) in [5, 5.41) is 2.66. The summed E-state index contributed by atoms with van der Waals surface area (Å²) in [4.78, 5) is 10.8. The van der Waals surface area contributed by atoms with Gasteiger partial charge in [0.25, 0.3) is 10.1 Å². The second-order valence-corrected chi connectivity index (χ2v) is 5.96. The second-order valence-electron chi connectivity index (χ2n) is 4.35. The Balaban J connectivity index is 1.87. The van der Waals surface area contributed by atoms with Crippen molar-refractivity contribution in [3.63, 3.8) is 0 Å². The molecule has 1 atom stereocenters. The summed E-state index contributed by atoms with van der Waals surface area (Å²) in [6.45, 7) is 1.97. The van der Waals surface area contributed by atoms with Crippen LogP contribution in [0.15, 0.2) is 29.2 Å². The summed E-state index contributed by atoms with van der Waals surface area (Å²) in [6, 6.07) is 6.54. The number of aryl methyl sites for hydroxylation is 1. The molecule has 1 aromatic carbocycles. The van der Waals surface area contributed by atoms with Crippen molar-refractivity contribution in [3.8, 4) is 0 Å². The zero-order valence-corrected chi connectivity index (χ0v) is 10.9. The fourth-order valence-corrected chi connectivity index (χ4v) is 2.60. The second kappa shape index (κ2) is 5.07. The van der Waals surface area contributed by atoms with E-state index in [9.17, 15) is 13.2 Å². The zero-order chi connectivity index (χ0) is 13.2. The maximum Gasteiger partial charge on any atom is 0.296 e. The third-order valence-electron chi connectivity index (χ3n) is 2.81. The number of rotatable bonds is 5. The van der Waals surface area contributed by atoms with Crippen molar-refractivity contribution in [2.75, 3.05) is 6.61 Å².